The highest BCUT2D eigenvalue weighted by atomic mass is 32.1. The number of piperidine rings is 1. The number of alkyl halides is 5. The minimum Gasteiger partial charge on any atom is -0.375 e. The molecule has 4 amide bonds. The van der Waals surface area contributed by atoms with Crippen LogP contribution in [0.25, 0.3) is 0 Å². The number of rotatable bonds is 9. The van der Waals surface area contributed by atoms with Crippen LogP contribution in [0, 0.1) is 28.1 Å². The van der Waals surface area contributed by atoms with E-state index in [-0.39, 0.29) is 75.3 Å². The second-order valence-corrected chi connectivity index (χ2v) is 15.8. The maximum atomic E-state index is 14.1. The number of amides is 4. The summed E-state index contributed by atoms with van der Waals surface area (Å²) in [6.45, 7) is 4.76. The Morgan fingerprint density at radius 2 is 1.64 bits per heavy atom. The summed E-state index contributed by atoms with van der Waals surface area (Å²) < 4.78 is 74.4. The molecule has 2 aliphatic carbocycles. The predicted molar refractivity (Wildman–Crippen MR) is 158 cm³/mol. The molecule has 4 heterocycles. The molecule has 5 fully saturated rings. The third-order valence-electron chi connectivity index (χ3n) is 10.9. The lowest BCUT2D eigenvalue weighted by atomic mass is 9.70. The number of carbonyl (C=O) groups excluding carboxylic acids is 4. The van der Waals surface area contributed by atoms with Gasteiger partial charge in [0.1, 0.15) is 10.9 Å². The Labute approximate surface area is 273 Å². The summed E-state index contributed by atoms with van der Waals surface area (Å²) in [6.07, 6.45) is -4.90. The number of aromatic nitrogens is 1. The van der Waals surface area contributed by atoms with E-state index >= 15 is 0 Å². The molecule has 0 aromatic carbocycles. The third kappa shape index (κ3) is 6.47. The van der Waals surface area contributed by atoms with Gasteiger partial charge in [0.15, 0.2) is 0 Å². The maximum Gasteiger partial charge on any atom is 0.396 e. The van der Waals surface area contributed by atoms with E-state index in [0.717, 1.165) is 17.8 Å². The number of carbonyl (C=O) groups is 4. The molecule has 47 heavy (non-hydrogen) atoms. The maximum absolute atomic E-state index is 14.1. The first kappa shape index (κ1) is 34.0. The van der Waals surface area contributed by atoms with E-state index in [4.69, 9.17) is 4.74 Å². The Kier molecular flexibility index (Phi) is 8.41. The van der Waals surface area contributed by atoms with E-state index in [0.29, 0.717) is 4.88 Å². The van der Waals surface area contributed by atoms with Crippen LogP contribution in [-0.4, -0.2) is 113 Å². The monoisotopic (exact) mass is 689 g/mol. The molecule has 1 aromatic heterocycles. The summed E-state index contributed by atoms with van der Waals surface area (Å²) in [4.78, 5) is 63.1. The molecule has 1 N–H and O–H groups in total. The first-order valence-corrected chi connectivity index (χ1v) is 16.9. The number of hydrogen-bond acceptors (Lipinski definition) is 7. The van der Waals surface area contributed by atoms with Gasteiger partial charge in [-0.3, -0.25) is 24.2 Å². The Morgan fingerprint density at radius 3 is 2.17 bits per heavy atom. The zero-order valence-electron chi connectivity index (χ0n) is 26.6. The van der Waals surface area contributed by atoms with Crippen molar-refractivity contribution in [2.24, 2.45) is 28.1 Å². The molecular formula is C31H40F5N5O5S. The summed E-state index contributed by atoms with van der Waals surface area (Å²) in [7, 11) is 0. The molecule has 0 radical (unpaired) electrons. The van der Waals surface area contributed by atoms with E-state index < -0.39 is 72.3 Å². The number of halogens is 5. The van der Waals surface area contributed by atoms with Crippen LogP contribution >= 0.6 is 11.3 Å². The second-order valence-electron chi connectivity index (χ2n) is 14.9. The van der Waals surface area contributed by atoms with Crippen molar-refractivity contribution in [2.75, 3.05) is 45.9 Å². The van der Waals surface area contributed by atoms with Gasteiger partial charge in [0.25, 0.3) is 11.8 Å². The fourth-order valence-corrected chi connectivity index (χ4v) is 7.78. The molecule has 3 saturated heterocycles. The fraction of sp³-hybridized carbons (Fsp3) is 0.774. The van der Waals surface area contributed by atoms with Gasteiger partial charge in [0.05, 0.1) is 35.8 Å². The van der Waals surface area contributed by atoms with Crippen LogP contribution in [0.15, 0.2) is 11.7 Å². The molecule has 3 aliphatic heterocycles. The highest BCUT2D eigenvalue weighted by Crippen LogP contribution is 2.58. The number of nitrogens with zero attached hydrogens (tertiary/aromatic N) is 4. The third-order valence-corrected chi connectivity index (χ3v) is 11.7. The molecule has 16 heteroatoms. The van der Waals surface area contributed by atoms with E-state index in [9.17, 15) is 41.1 Å². The SMILES string of the molecule is C[C@@H](OCC1(C(F)(F)F)CC1)[C@H](NC(=O)[C@@H]1CN(C(=O)c2cncs2)CC12CN(C(=O)[C@H]1CC1(C)C)C2)C(=O)N1CCC(F)(F)CC1. The van der Waals surface area contributed by atoms with E-state index in [1.165, 1.54) is 28.4 Å². The average molecular weight is 690 g/mol. The normalized spacial score (nSPS) is 28.0. The van der Waals surface area contributed by atoms with Crippen LogP contribution in [0.5, 0.6) is 0 Å². The number of nitrogens with one attached hydrogen (secondary N) is 1. The van der Waals surface area contributed by atoms with Gasteiger partial charge in [-0.15, -0.1) is 11.3 Å². The smallest absolute Gasteiger partial charge is 0.375 e. The highest BCUT2D eigenvalue weighted by Gasteiger charge is 2.64. The number of likely N-dealkylation sites (tertiary alicyclic amines) is 3. The van der Waals surface area contributed by atoms with E-state index in [1.54, 1.807) is 4.90 Å². The lowest BCUT2D eigenvalue weighted by Gasteiger charge is -2.50. The summed E-state index contributed by atoms with van der Waals surface area (Å²) in [5.74, 6) is -5.59. The van der Waals surface area contributed by atoms with Crippen molar-refractivity contribution >= 4 is 35.0 Å². The van der Waals surface area contributed by atoms with Crippen LogP contribution in [0.1, 0.15) is 62.5 Å². The van der Waals surface area contributed by atoms with Gasteiger partial charge in [-0.05, 0) is 31.6 Å². The second kappa shape index (κ2) is 11.6. The van der Waals surface area contributed by atoms with Crippen molar-refractivity contribution in [3.63, 3.8) is 0 Å². The lowest BCUT2D eigenvalue weighted by molar-refractivity contribution is -0.206. The average Bonchev–Trinajstić information content (AvgIpc) is 3.74. The Bertz CT molecular complexity index is 1400. The molecule has 6 rings (SSSR count). The van der Waals surface area contributed by atoms with Gasteiger partial charge in [0.2, 0.25) is 17.7 Å². The zero-order chi connectivity index (χ0) is 34.2. The fourth-order valence-electron chi connectivity index (χ4n) is 7.19. The molecule has 2 saturated carbocycles. The largest absolute Gasteiger partial charge is 0.396 e. The molecule has 1 spiro atoms. The van der Waals surface area contributed by atoms with Gasteiger partial charge in [-0.25, -0.2) is 8.78 Å². The lowest BCUT2D eigenvalue weighted by Crippen LogP contribution is -2.65. The van der Waals surface area contributed by atoms with E-state index in [1.807, 2.05) is 13.8 Å². The topological polar surface area (TPSA) is 112 Å². The number of hydrogen-bond donors (Lipinski definition) is 1. The van der Waals surface area contributed by atoms with Crippen molar-refractivity contribution in [3.05, 3.63) is 16.6 Å². The van der Waals surface area contributed by atoms with Crippen LogP contribution in [-0.2, 0) is 19.1 Å². The van der Waals surface area contributed by atoms with Gasteiger partial charge >= 0.3 is 6.18 Å². The molecule has 5 aliphatic rings. The standard InChI is InChI=1S/C31H40F5N5O5S/c1-18(46-16-29(4-5-29)31(34,35)36)22(26(45)39-8-6-30(32,33)7-9-39)38-23(42)20-12-40(25(44)21-11-37-17-47-21)13-28(20)14-41(15-28)24(43)19-10-27(19,2)3/h11,17-20,22H,4-10,12-16H2,1-3H3,(H,38,42)/t18-,19-,20+,22+/m1/s1. The molecule has 0 unspecified atom stereocenters. The molecule has 260 valence electrons. The van der Waals surface area contributed by atoms with Gasteiger partial charge in [-0.2, -0.15) is 13.2 Å². The van der Waals surface area contributed by atoms with Crippen molar-refractivity contribution < 1.29 is 45.9 Å². The van der Waals surface area contributed by atoms with Crippen LogP contribution in [0.3, 0.4) is 0 Å². The van der Waals surface area contributed by atoms with Crippen LogP contribution < -0.4 is 5.32 Å². The first-order valence-electron chi connectivity index (χ1n) is 16.0. The summed E-state index contributed by atoms with van der Waals surface area (Å²) >= 11 is 1.15. The van der Waals surface area contributed by atoms with Gasteiger partial charge < -0.3 is 24.8 Å². The van der Waals surface area contributed by atoms with Crippen molar-refractivity contribution in [1.29, 1.82) is 0 Å². The molecule has 10 nitrogen and oxygen atoms in total. The summed E-state index contributed by atoms with van der Waals surface area (Å²) in [5.41, 5.74) is -1.41. The quantitative estimate of drug-likeness (QED) is 0.397. The molecular weight excluding hydrogens is 649 g/mol. The first-order chi connectivity index (χ1) is 21.9. The Morgan fingerprint density at radius 1 is 1.02 bits per heavy atom. The van der Waals surface area contributed by atoms with Crippen molar-refractivity contribution in [3.8, 4) is 0 Å². The Balaban J connectivity index is 1.21. The minimum absolute atomic E-state index is 0.0111. The van der Waals surface area contributed by atoms with Crippen molar-refractivity contribution in [1.82, 2.24) is 25.0 Å². The van der Waals surface area contributed by atoms with E-state index in [2.05, 4.69) is 10.3 Å². The highest BCUT2D eigenvalue weighted by molar-refractivity contribution is 7.11. The number of thiazole rings is 1. The van der Waals surface area contributed by atoms with Gasteiger partial charge in [-0.1, -0.05) is 13.8 Å². The van der Waals surface area contributed by atoms with Gasteiger partial charge in [0, 0.05) is 63.4 Å². The molecule has 4 atom stereocenters. The van der Waals surface area contributed by atoms with Crippen LogP contribution in [0.4, 0.5) is 22.0 Å². The number of ether oxygens (including phenoxy) is 1. The summed E-state index contributed by atoms with van der Waals surface area (Å²) in [5, 5.41) is 2.71. The summed E-state index contributed by atoms with van der Waals surface area (Å²) in [6, 6.07) is -1.45. The Hall–Kier alpha value is -2.88. The molecule has 1 aromatic rings. The molecule has 0 bridgehead atoms. The predicted octanol–water partition coefficient (Wildman–Crippen LogP) is 3.58. The minimum atomic E-state index is -4.50. The van der Waals surface area contributed by atoms with Crippen molar-refractivity contribution in [2.45, 2.75) is 77.1 Å². The zero-order valence-corrected chi connectivity index (χ0v) is 27.4. The van der Waals surface area contributed by atoms with Crippen LogP contribution in [0.2, 0.25) is 0 Å².